The fourth-order valence-corrected chi connectivity index (χ4v) is 2.00. The zero-order valence-electron chi connectivity index (χ0n) is 9.27. The van der Waals surface area contributed by atoms with E-state index in [1.165, 1.54) is 19.1 Å². The zero-order valence-corrected chi connectivity index (χ0v) is 10.1. The summed E-state index contributed by atoms with van der Waals surface area (Å²) in [5, 5.41) is 1.94. The minimum absolute atomic E-state index is 0.159. The van der Waals surface area contributed by atoms with Crippen molar-refractivity contribution < 1.29 is 13.9 Å². The lowest BCUT2D eigenvalue weighted by molar-refractivity contribution is 0.101. The Kier molecular flexibility index (Phi) is 3.54. The van der Waals surface area contributed by atoms with Gasteiger partial charge in [0.2, 0.25) is 0 Å². The molecule has 0 atom stereocenters. The standard InChI is InChI=1S/C13H11FO2S/c1-9(15)10-4-5-13(12(14)7-10)16-8-11-3-2-6-17-11/h2-7H,8H2,1H3. The Morgan fingerprint density at radius 3 is 2.82 bits per heavy atom. The Morgan fingerprint density at radius 1 is 1.41 bits per heavy atom. The van der Waals surface area contributed by atoms with Crippen LogP contribution in [0.5, 0.6) is 5.75 Å². The number of benzene rings is 1. The molecule has 2 nitrogen and oxygen atoms in total. The first-order chi connectivity index (χ1) is 8.16. The summed E-state index contributed by atoms with van der Waals surface area (Å²) in [6, 6.07) is 8.09. The van der Waals surface area contributed by atoms with E-state index in [1.54, 1.807) is 17.4 Å². The maximum Gasteiger partial charge on any atom is 0.165 e. The van der Waals surface area contributed by atoms with Crippen molar-refractivity contribution in [3.63, 3.8) is 0 Å². The molecule has 0 amide bonds. The van der Waals surface area contributed by atoms with Gasteiger partial charge in [-0.2, -0.15) is 0 Å². The third-order valence-electron chi connectivity index (χ3n) is 2.29. The summed E-state index contributed by atoms with van der Waals surface area (Å²) < 4.78 is 18.9. The Labute approximate surface area is 103 Å². The number of ketones is 1. The van der Waals surface area contributed by atoms with Crippen LogP contribution in [-0.2, 0) is 6.61 Å². The molecule has 17 heavy (non-hydrogen) atoms. The number of carbonyl (C=O) groups excluding carboxylic acids is 1. The topological polar surface area (TPSA) is 26.3 Å². The van der Waals surface area contributed by atoms with Gasteiger partial charge in [-0.1, -0.05) is 6.07 Å². The summed E-state index contributed by atoms with van der Waals surface area (Å²) >= 11 is 1.55. The smallest absolute Gasteiger partial charge is 0.165 e. The van der Waals surface area contributed by atoms with Gasteiger partial charge in [0.15, 0.2) is 17.3 Å². The number of thiophene rings is 1. The average Bonchev–Trinajstić information content (AvgIpc) is 2.80. The van der Waals surface area contributed by atoms with Crippen LogP contribution in [0.15, 0.2) is 35.7 Å². The molecule has 0 saturated carbocycles. The van der Waals surface area contributed by atoms with E-state index in [1.807, 2.05) is 17.5 Å². The SMILES string of the molecule is CC(=O)c1ccc(OCc2cccs2)c(F)c1. The Morgan fingerprint density at radius 2 is 2.24 bits per heavy atom. The molecule has 1 heterocycles. The van der Waals surface area contributed by atoms with Crippen molar-refractivity contribution >= 4 is 17.1 Å². The molecule has 0 fully saturated rings. The van der Waals surface area contributed by atoms with Crippen molar-refractivity contribution in [2.24, 2.45) is 0 Å². The van der Waals surface area contributed by atoms with Crippen molar-refractivity contribution in [1.82, 2.24) is 0 Å². The summed E-state index contributed by atoms with van der Waals surface area (Å²) in [5.41, 5.74) is 0.353. The zero-order chi connectivity index (χ0) is 12.3. The predicted molar refractivity (Wildman–Crippen MR) is 65.1 cm³/mol. The first-order valence-corrected chi connectivity index (χ1v) is 6.00. The highest BCUT2D eigenvalue weighted by Gasteiger charge is 2.07. The molecule has 2 rings (SSSR count). The number of hydrogen-bond donors (Lipinski definition) is 0. The maximum absolute atomic E-state index is 13.6. The lowest BCUT2D eigenvalue weighted by Gasteiger charge is -2.06. The molecule has 0 aliphatic carbocycles. The van der Waals surface area contributed by atoms with Crippen LogP contribution in [0, 0.1) is 5.82 Å². The quantitative estimate of drug-likeness (QED) is 0.774. The summed E-state index contributed by atoms with van der Waals surface area (Å²) in [6.45, 7) is 1.74. The van der Waals surface area contributed by atoms with Crippen LogP contribution in [-0.4, -0.2) is 5.78 Å². The van der Waals surface area contributed by atoms with Crippen LogP contribution in [0.3, 0.4) is 0 Å². The molecule has 0 saturated heterocycles. The molecule has 0 radical (unpaired) electrons. The summed E-state index contributed by atoms with van der Waals surface area (Å²) in [4.78, 5) is 12.1. The fourth-order valence-electron chi connectivity index (χ4n) is 1.38. The van der Waals surface area contributed by atoms with Crippen molar-refractivity contribution in [2.45, 2.75) is 13.5 Å². The molecule has 0 bridgehead atoms. The molecule has 0 unspecified atom stereocenters. The van der Waals surface area contributed by atoms with Crippen molar-refractivity contribution in [3.8, 4) is 5.75 Å². The summed E-state index contributed by atoms with van der Waals surface area (Å²) in [7, 11) is 0. The van der Waals surface area contributed by atoms with E-state index in [2.05, 4.69) is 0 Å². The number of hydrogen-bond acceptors (Lipinski definition) is 3. The van der Waals surface area contributed by atoms with Crippen LogP contribution in [0.4, 0.5) is 4.39 Å². The number of Topliss-reactive ketones (excluding diaryl/α,β-unsaturated/α-hetero) is 1. The van der Waals surface area contributed by atoms with Crippen LogP contribution in [0.1, 0.15) is 22.2 Å². The van der Waals surface area contributed by atoms with Gasteiger partial charge in [0.05, 0.1) is 0 Å². The molecule has 4 heteroatoms. The van der Waals surface area contributed by atoms with Gasteiger partial charge < -0.3 is 4.74 Å². The van der Waals surface area contributed by atoms with Gasteiger partial charge >= 0.3 is 0 Å². The summed E-state index contributed by atoms with van der Waals surface area (Å²) in [6.07, 6.45) is 0. The largest absolute Gasteiger partial charge is 0.485 e. The van der Waals surface area contributed by atoms with Gasteiger partial charge in [-0.3, -0.25) is 4.79 Å². The minimum Gasteiger partial charge on any atom is -0.485 e. The van der Waals surface area contributed by atoms with Crippen molar-refractivity contribution in [3.05, 3.63) is 52.0 Å². The maximum atomic E-state index is 13.6. The second kappa shape index (κ2) is 5.10. The third-order valence-corrected chi connectivity index (χ3v) is 3.14. The van der Waals surface area contributed by atoms with Gasteiger partial charge in [0.1, 0.15) is 6.61 Å². The Balaban J connectivity index is 2.09. The van der Waals surface area contributed by atoms with E-state index in [0.717, 1.165) is 4.88 Å². The lowest BCUT2D eigenvalue weighted by atomic mass is 10.1. The second-order valence-electron chi connectivity index (χ2n) is 3.57. The number of halogens is 1. The highest BCUT2D eigenvalue weighted by atomic mass is 32.1. The lowest BCUT2D eigenvalue weighted by Crippen LogP contribution is -1.98. The highest BCUT2D eigenvalue weighted by molar-refractivity contribution is 7.09. The molecule has 1 aromatic carbocycles. The van der Waals surface area contributed by atoms with Crippen LogP contribution in [0.25, 0.3) is 0 Å². The van der Waals surface area contributed by atoms with Crippen molar-refractivity contribution in [2.75, 3.05) is 0 Å². The Bertz CT molecular complexity index is 520. The van der Waals surface area contributed by atoms with Crippen molar-refractivity contribution in [1.29, 1.82) is 0 Å². The second-order valence-corrected chi connectivity index (χ2v) is 4.60. The Hall–Kier alpha value is -1.68. The molecule has 88 valence electrons. The molecule has 0 aliphatic heterocycles. The van der Waals surface area contributed by atoms with Crippen LogP contribution >= 0.6 is 11.3 Å². The van der Waals surface area contributed by atoms with E-state index in [9.17, 15) is 9.18 Å². The van der Waals surface area contributed by atoms with Crippen LogP contribution < -0.4 is 4.74 Å². The normalized spacial score (nSPS) is 10.2. The van der Waals surface area contributed by atoms with E-state index >= 15 is 0 Å². The molecule has 1 aromatic heterocycles. The van der Waals surface area contributed by atoms with Gasteiger partial charge in [-0.25, -0.2) is 4.39 Å². The van der Waals surface area contributed by atoms with E-state index in [-0.39, 0.29) is 11.5 Å². The molecule has 0 aliphatic rings. The number of ether oxygens (including phenoxy) is 1. The van der Waals surface area contributed by atoms with Gasteiger partial charge in [0.25, 0.3) is 0 Å². The molecule has 0 N–H and O–H groups in total. The highest BCUT2D eigenvalue weighted by Crippen LogP contribution is 2.20. The van der Waals surface area contributed by atoms with E-state index < -0.39 is 5.82 Å². The van der Waals surface area contributed by atoms with Crippen LogP contribution in [0.2, 0.25) is 0 Å². The van der Waals surface area contributed by atoms with Gasteiger partial charge in [-0.15, -0.1) is 11.3 Å². The minimum atomic E-state index is -0.505. The first-order valence-electron chi connectivity index (χ1n) is 5.12. The summed E-state index contributed by atoms with van der Waals surface area (Å²) in [5.74, 6) is -0.494. The molecular weight excluding hydrogens is 239 g/mol. The third kappa shape index (κ3) is 2.91. The fraction of sp³-hybridized carbons (Fsp3) is 0.154. The number of carbonyl (C=O) groups is 1. The molecule has 2 aromatic rings. The van der Waals surface area contributed by atoms with E-state index in [0.29, 0.717) is 12.2 Å². The monoisotopic (exact) mass is 250 g/mol. The predicted octanol–water partition coefficient (Wildman–Crippen LogP) is 3.67. The van der Waals surface area contributed by atoms with Gasteiger partial charge in [-0.05, 0) is 36.6 Å². The average molecular weight is 250 g/mol. The number of rotatable bonds is 4. The molecule has 0 spiro atoms. The van der Waals surface area contributed by atoms with E-state index in [4.69, 9.17) is 4.74 Å². The first kappa shape index (κ1) is 11.8. The van der Waals surface area contributed by atoms with Gasteiger partial charge in [0, 0.05) is 10.4 Å². The molecular formula is C13H11FO2S.